The maximum atomic E-state index is 13.0. The molecule has 0 aliphatic carbocycles. The molecule has 1 saturated heterocycles. The van der Waals surface area contributed by atoms with Crippen molar-refractivity contribution in [1.29, 1.82) is 0 Å². The van der Waals surface area contributed by atoms with Gasteiger partial charge in [-0.2, -0.15) is 9.41 Å². The van der Waals surface area contributed by atoms with Gasteiger partial charge < -0.3 is 9.47 Å². The Morgan fingerprint density at radius 2 is 1.69 bits per heavy atom. The molecule has 9 heteroatoms. The molecule has 2 aliphatic rings. The van der Waals surface area contributed by atoms with Crippen LogP contribution in [0.4, 0.5) is 0 Å². The predicted octanol–water partition coefficient (Wildman–Crippen LogP) is 3.37. The molecule has 3 aromatic rings. The standard InChI is InChI=1S/C26H25N3O5S/c30-26(20-9-6-10-21(17-20)35(31,32)29-13-15-33-16-14-29)28-27-23-18-25(19-7-2-1-3-8-19)34-24-12-5-4-11-22(23)24/h1-12,17,25H,13-16,18H2,(H,28,30). The highest BCUT2D eigenvalue weighted by Gasteiger charge is 2.28. The summed E-state index contributed by atoms with van der Waals surface area (Å²) in [5, 5.41) is 4.42. The molecule has 0 radical (unpaired) electrons. The highest BCUT2D eigenvalue weighted by Crippen LogP contribution is 2.35. The molecule has 1 fully saturated rings. The van der Waals surface area contributed by atoms with E-state index >= 15 is 0 Å². The number of para-hydroxylation sites is 1. The van der Waals surface area contributed by atoms with Gasteiger partial charge in [0.25, 0.3) is 5.91 Å². The molecule has 0 saturated carbocycles. The fourth-order valence-electron chi connectivity index (χ4n) is 4.16. The Hall–Kier alpha value is -3.53. The number of nitrogens with one attached hydrogen (secondary N) is 1. The summed E-state index contributed by atoms with van der Waals surface area (Å²) in [6.07, 6.45) is 0.246. The second-order valence-corrected chi connectivity index (χ2v) is 10.2. The lowest BCUT2D eigenvalue weighted by molar-refractivity contribution is 0.0730. The average Bonchev–Trinajstić information content (AvgIpc) is 2.92. The Morgan fingerprint density at radius 1 is 0.943 bits per heavy atom. The van der Waals surface area contributed by atoms with E-state index in [0.717, 1.165) is 11.1 Å². The maximum absolute atomic E-state index is 13.0. The minimum atomic E-state index is -3.71. The Kier molecular flexibility index (Phi) is 6.63. The molecule has 5 rings (SSSR count). The number of carbonyl (C=O) groups is 1. The predicted molar refractivity (Wildman–Crippen MR) is 131 cm³/mol. The summed E-state index contributed by atoms with van der Waals surface area (Å²) in [5.74, 6) is 0.205. The van der Waals surface area contributed by atoms with Gasteiger partial charge in [0, 0.05) is 30.6 Å². The fraction of sp³-hybridized carbons (Fsp3) is 0.231. The van der Waals surface area contributed by atoms with E-state index in [2.05, 4.69) is 10.5 Å². The normalized spacial score (nSPS) is 19.5. The first-order valence-electron chi connectivity index (χ1n) is 11.4. The number of amides is 1. The number of rotatable bonds is 5. The fourth-order valence-corrected chi connectivity index (χ4v) is 5.62. The Morgan fingerprint density at radius 3 is 2.49 bits per heavy atom. The molecule has 1 amide bonds. The Bertz CT molecular complexity index is 1350. The van der Waals surface area contributed by atoms with E-state index in [4.69, 9.17) is 9.47 Å². The zero-order valence-corrected chi connectivity index (χ0v) is 19.8. The molecular formula is C26H25N3O5S. The van der Waals surface area contributed by atoms with Gasteiger partial charge >= 0.3 is 0 Å². The quantitative estimate of drug-likeness (QED) is 0.552. The van der Waals surface area contributed by atoms with Crippen LogP contribution in [0.2, 0.25) is 0 Å². The SMILES string of the molecule is O=C(NN=C1CC(c2ccccc2)Oc2ccccc21)c1cccc(S(=O)(=O)N2CCOCC2)c1. The summed E-state index contributed by atoms with van der Waals surface area (Å²) < 4.78 is 38.7. The van der Waals surface area contributed by atoms with Crippen LogP contribution >= 0.6 is 0 Å². The lowest BCUT2D eigenvalue weighted by Crippen LogP contribution is -2.40. The van der Waals surface area contributed by atoms with Crippen molar-refractivity contribution in [1.82, 2.24) is 9.73 Å². The minimum Gasteiger partial charge on any atom is -0.485 e. The molecule has 2 heterocycles. The van der Waals surface area contributed by atoms with Crippen molar-refractivity contribution in [3.63, 3.8) is 0 Å². The third-order valence-corrected chi connectivity index (χ3v) is 7.91. The number of morpholine rings is 1. The van der Waals surface area contributed by atoms with E-state index in [1.807, 2.05) is 54.6 Å². The summed E-state index contributed by atoms with van der Waals surface area (Å²) in [6, 6.07) is 23.4. The van der Waals surface area contributed by atoms with E-state index < -0.39 is 15.9 Å². The zero-order valence-electron chi connectivity index (χ0n) is 19.0. The maximum Gasteiger partial charge on any atom is 0.271 e. The van der Waals surface area contributed by atoms with Gasteiger partial charge in [0.1, 0.15) is 11.9 Å². The summed E-state index contributed by atoms with van der Waals surface area (Å²) in [6.45, 7) is 1.28. The molecule has 2 aliphatic heterocycles. The topological polar surface area (TPSA) is 97.3 Å². The second-order valence-electron chi connectivity index (χ2n) is 8.26. The minimum absolute atomic E-state index is 0.0697. The van der Waals surface area contributed by atoms with Crippen LogP contribution in [0.1, 0.15) is 34.0 Å². The van der Waals surface area contributed by atoms with Crippen LogP contribution in [0.3, 0.4) is 0 Å². The number of sulfonamides is 1. The molecule has 1 N–H and O–H groups in total. The molecule has 1 atom stereocenters. The van der Waals surface area contributed by atoms with Crippen molar-refractivity contribution in [2.24, 2.45) is 5.10 Å². The largest absolute Gasteiger partial charge is 0.485 e. The van der Waals surface area contributed by atoms with Crippen LogP contribution in [0, 0.1) is 0 Å². The first kappa shape index (κ1) is 23.2. The number of fused-ring (bicyclic) bond motifs is 1. The van der Waals surface area contributed by atoms with E-state index in [0.29, 0.717) is 31.1 Å². The molecule has 0 aromatic heterocycles. The first-order chi connectivity index (χ1) is 17.0. The van der Waals surface area contributed by atoms with Crippen molar-refractivity contribution in [2.45, 2.75) is 17.4 Å². The van der Waals surface area contributed by atoms with Gasteiger partial charge in [-0.1, -0.05) is 48.5 Å². The van der Waals surface area contributed by atoms with E-state index in [-0.39, 0.29) is 29.7 Å². The zero-order chi connectivity index (χ0) is 24.3. The highest BCUT2D eigenvalue weighted by atomic mass is 32.2. The number of hydrazone groups is 1. The van der Waals surface area contributed by atoms with Gasteiger partial charge in [0.2, 0.25) is 10.0 Å². The summed E-state index contributed by atoms with van der Waals surface area (Å²) in [5.41, 5.74) is 5.33. The van der Waals surface area contributed by atoms with E-state index in [9.17, 15) is 13.2 Å². The van der Waals surface area contributed by atoms with Crippen LogP contribution in [0.5, 0.6) is 5.75 Å². The number of nitrogens with zero attached hydrogens (tertiary/aromatic N) is 2. The number of carbonyl (C=O) groups excluding carboxylic acids is 1. The first-order valence-corrected chi connectivity index (χ1v) is 12.8. The van der Waals surface area contributed by atoms with E-state index in [1.165, 1.54) is 16.4 Å². The molecule has 8 nitrogen and oxygen atoms in total. The van der Waals surface area contributed by atoms with Crippen molar-refractivity contribution < 1.29 is 22.7 Å². The van der Waals surface area contributed by atoms with Crippen molar-refractivity contribution in [3.8, 4) is 5.75 Å². The number of benzene rings is 3. The van der Waals surface area contributed by atoms with Gasteiger partial charge in [-0.15, -0.1) is 0 Å². The van der Waals surface area contributed by atoms with Gasteiger partial charge in [-0.05, 0) is 35.9 Å². The van der Waals surface area contributed by atoms with Gasteiger partial charge in [0.05, 0.1) is 23.8 Å². The molecule has 3 aromatic carbocycles. The molecule has 35 heavy (non-hydrogen) atoms. The van der Waals surface area contributed by atoms with Crippen molar-refractivity contribution in [2.75, 3.05) is 26.3 Å². The Labute approximate surface area is 204 Å². The van der Waals surface area contributed by atoms with Crippen LogP contribution in [0.15, 0.2) is 88.9 Å². The number of ether oxygens (including phenoxy) is 2. The van der Waals surface area contributed by atoms with Gasteiger partial charge in [-0.3, -0.25) is 4.79 Å². The number of hydrogen-bond acceptors (Lipinski definition) is 6. The van der Waals surface area contributed by atoms with Crippen LogP contribution in [0.25, 0.3) is 0 Å². The van der Waals surface area contributed by atoms with Crippen LogP contribution in [-0.2, 0) is 14.8 Å². The summed E-state index contributed by atoms with van der Waals surface area (Å²) >= 11 is 0. The molecular weight excluding hydrogens is 466 g/mol. The van der Waals surface area contributed by atoms with Crippen LogP contribution < -0.4 is 10.2 Å². The lowest BCUT2D eigenvalue weighted by atomic mass is 9.96. The van der Waals surface area contributed by atoms with Gasteiger partial charge in [-0.25, -0.2) is 13.8 Å². The van der Waals surface area contributed by atoms with E-state index in [1.54, 1.807) is 12.1 Å². The molecule has 1 unspecified atom stereocenters. The third-order valence-electron chi connectivity index (χ3n) is 6.01. The smallest absolute Gasteiger partial charge is 0.271 e. The molecule has 0 spiro atoms. The van der Waals surface area contributed by atoms with Crippen molar-refractivity contribution >= 4 is 21.6 Å². The lowest BCUT2D eigenvalue weighted by Gasteiger charge is -2.27. The number of hydrogen-bond donors (Lipinski definition) is 1. The third kappa shape index (κ3) is 4.97. The van der Waals surface area contributed by atoms with Crippen molar-refractivity contribution in [3.05, 3.63) is 95.6 Å². The average molecular weight is 492 g/mol. The molecule has 0 bridgehead atoms. The molecule has 180 valence electrons. The monoisotopic (exact) mass is 491 g/mol. The summed E-state index contributed by atoms with van der Waals surface area (Å²) in [7, 11) is -3.71. The second kappa shape index (κ2) is 9.99. The Balaban J connectivity index is 1.38. The van der Waals surface area contributed by atoms with Gasteiger partial charge in [0.15, 0.2) is 0 Å². The summed E-state index contributed by atoms with van der Waals surface area (Å²) in [4.78, 5) is 13.0. The highest BCUT2D eigenvalue weighted by molar-refractivity contribution is 7.89. The van der Waals surface area contributed by atoms with Crippen LogP contribution in [-0.4, -0.2) is 50.6 Å².